The summed E-state index contributed by atoms with van der Waals surface area (Å²) in [6.07, 6.45) is 2.26. The Bertz CT molecular complexity index is 1360. The summed E-state index contributed by atoms with van der Waals surface area (Å²) >= 11 is 7.20. The Labute approximate surface area is 205 Å². The van der Waals surface area contributed by atoms with E-state index in [0.29, 0.717) is 46.5 Å². The SMILES string of the molecule is CCC[n+]1cc(Cl)sc1N(Cc1ccc(OC)cc1OC)S(=O)(=O)c1cc(C#N)c(F)cc1F. The Balaban J connectivity index is 2.24. The van der Waals surface area contributed by atoms with E-state index < -0.39 is 32.1 Å². The van der Waals surface area contributed by atoms with Crippen molar-refractivity contribution in [2.75, 3.05) is 18.5 Å². The number of nitrogens with zero attached hydrogens (tertiary/aromatic N) is 3. The van der Waals surface area contributed by atoms with Crippen LogP contribution in [0.4, 0.5) is 13.9 Å². The van der Waals surface area contributed by atoms with Gasteiger partial charge >= 0.3 is 15.2 Å². The molecule has 3 rings (SSSR count). The molecule has 0 saturated heterocycles. The number of hydrogen-bond donors (Lipinski definition) is 0. The predicted octanol–water partition coefficient (Wildman–Crippen LogP) is 4.66. The van der Waals surface area contributed by atoms with E-state index in [9.17, 15) is 17.2 Å². The topological polar surface area (TPSA) is 83.5 Å². The van der Waals surface area contributed by atoms with Crippen molar-refractivity contribution in [1.82, 2.24) is 0 Å². The molecule has 180 valence electrons. The van der Waals surface area contributed by atoms with Crippen molar-refractivity contribution in [1.29, 1.82) is 5.26 Å². The van der Waals surface area contributed by atoms with Crippen molar-refractivity contribution in [2.45, 2.75) is 31.3 Å². The molecule has 2 aromatic carbocycles. The first-order valence-electron chi connectivity index (χ1n) is 9.97. The second kappa shape index (κ2) is 10.5. The predicted molar refractivity (Wildman–Crippen MR) is 124 cm³/mol. The molecule has 0 aliphatic carbocycles. The first-order valence-corrected chi connectivity index (χ1v) is 12.6. The van der Waals surface area contributed by atoms with Crippen molar-refractivity contribution in [3.63, 3.8) is 0 Å². The number of ether oxygens (including phenoxy) is 2. The van der Waals surface area contributed by atoms with Crippen LogP contribution in [0.15, 0.2) is 41.4 Å². The normalized spacial score (nSPS) is 11.2. The van der Waals surface area contributed by atoms with E-state index in [1.165, 1.54) is 14.2 Å². The third-order valence-electron chi connectivity index (χ3n) is 4.89. The number of anilines is 1. The van der Waals surface area contributed by atoms with Gasteiger partial charge in [0.2, 0.25) is 0 Å². The third-order valence-corrected chi connectivity index (χ3v) is 8.02. The summed E-state index contributed by atoms with van der Waals surface area (Å²) in [7, 11) is -1.71. The summed E-state index contributed by atoms with van der Waals surface area (Å²) in [5.41, 5.74) is -0.130. The van der Waals surface area contributed by atoms with Crippen LogP contribution in [-0.2, 0) is 23.1 Å². The number of nitriles is 1. The largest absolute Gasteiger partial charge is 0.497 e. The fourth-order valence-electron chi connectivity index (χ4n) is 3.27. The minimum absolute atomic E-state index is 0.215. The average Bonchev–Trinajstić information content (AvgIpc) is 3.16. The lowest BCUT2D eigenvalue weighted by molar-refractivity contribution is -0.680. The van der Waals surface area contributed by atoms with Crippen LogP contribution in [-0.4, -0.2) is 22.6 Å². The minimum atomic E-state index is -4.62. The van der Waals surface area contributed by atoms with E-state index in [1.807, 2.05) is 6.92 Å². The van der Waals surface area contributed by atoms with Crippen LogP contribution in [0, 0.1) is 23.0 Å². The van der Waals surface area contributed by atoms with Crippen molar-refractivity contribution in [3.8, 4) is 17.6 Å². The molecule has 0 saturated carbocycles. The molecule has 0 atom stereocenters. The van der Waals surface area contributed by atoms with Gasteiger partial charge in [0.25, 0.3) is 0 Å². The lowest BCUT2D eigenvalue weighted by Crippen LogP contribution is -2.42. The molecule has 0 amide bonds. The zero-order valence-electron chi connectivity index (χ0n) is 18.5. The number of hydrogen-bond acceptors (Lipinski definition) is 6. The molecular formula is C22H21ClF2N3O4S2+. The second-order valence-corrected chi connectivity index (χ2v) is 10.5. The molecule has 1 heterocycles. The van der Waals surface area contributed by atoms with Crippen LogP contribution < -0.4 is 18.3 Å². The summed E-state index contributed by atoms with van der Waals surface area (Å²) in [5.74, 6) is -1.62. The first kappa shape index (κ1) is 25.7. The monoisotopic (exact) mass is 528 g/mol. The summed E-state index contributed by atoms with van der Waals surface area (Å²) in [6, 6.07) is 7.48. The van der Waals surface area contributed by atoms with E-state index in [2.05, 4.69) is 0 Å². The molecule has 12 heteroatoms. The number of aromatic nitrogens is 1. The fourth-order valence-corrected chi connectivity index (χ4v) is 6.21. The molecular weight excluding hydrogens is 508 g/mol. The van der Waals surface area contributed by atoms with E-state index >= 15 is 0 Å². The summed E-state index contributed by atoms with van der Waals surface area (Å²) in [4.78, 5) is -0.828. The van der Waals surface area contributed by atoms with Crippen LogP contribution in [0.25, 0.3) is 0 Å². The maximum Gasteiger partial charge on any atom is 0.353 e. The van der Waals surface area contributed by atoms with Gasteiger partial charge in [0.05, 0.1) is 26.3 Å². The quantitative estimate of drug-likeness (QED) is 0.377. The number of thiazole rings is 1. The van der Waals surface area contributed by atoms with Crippen molar-refractivity contribution in [3.05, 3.63) is 63.6 Å². The molecule has 0 radical (unpaired) electrons. The molecule has 7 nitrogen and oxygen atoms in total. The van der Waals surface area contributed by atoms with Crippen LogP contribution >= 0.6 is 22.9 Å². The highest BCUT2D eigenvalue weighted by Gasteiger charge is 2.39. The van der Waals surface area contributed by atoms with Gasteiger partial charge in [-0.1, -0.05) is 18.5 Å². The fraction of sp³-hybridized carbons (Fsp3) is 0.273. The van der Waals surface area contributed by atoms with Gasteiger partial charge in [-0.05, 0) is 36.0 Å². The number of methoxy groups -OCH3 is 2. The standard InChI is InChI=1S/C22H21ClF2N3O4S2/c1-4-7-27-13-21(23)33-22(27)28(12-14-5-6-16(31-2)9-19(14)32-3)34(29,30)20-8-15(11-26)17(24)10-18(20)25/h5-6,8-10,13H,4,7,12H2,1-3H3/q+1. The van der Waals surface area contributed by atoms with Crippen LogP contribution in [0.2, 0.25) is 4.34 Å². The van der Waals surface area contributed by atoms with Gasteiger partial charge in [-0.2, -0.15) is 13.7 Å². The average molecular weight is 529 g/mol. The maximum absolute atomic E-state index is 14.7. The number of halogens is 3. The summed E-state index contributed by atoms with van der Waals surface area (Å²) in [6.45, 7) is 2.10. The molecule has 0 aliphatic heterocycles. The highest BCUT2D eigenvalue weighted by atomic mass is 35.5. The number of rotatable bonds is 9. The summed E-state index contributed by atoms with van der Waals surface area (Å²) in [5, 5.41) is 9.37. The van der Waals surface area contributed by atoms with Crippen molar-refractivity contribution in [2.24, 2.45) is 0 Å². The van der Waals surface area contributed by atoms with Crippen LogP contribution in [0.1, 0.15) is 24.5 Å². The minimum Gasteiger partial charge on any atom is -0.497 e. The zero-order chi connectivity index (χ0) is 25.0. The first-order chi connectivity index (χ1) is 16.2. The summed E-state index contributed by atoms with van der Waals surface area (Å²) < 4.78 is 69.7. The third kappa shape index (κ3) is 5.09. The van der Waals surface area contributed by atoms with Crippen LogP contribution in [0.3, 0.4) is 0 Å². The highest BCUT2D eigenvalue weighted by molar-refractivity contribution is 7.93. The molecule has 34 heavy (non-hydrogen) atoms. The number of benzene rings is 2. The Morgan fingerprint density at radius 2 is 1.91 bits per heavy atom. The van der Waals surface area contributed by atoms with Gasteiger partial charge in [0, 0.05) is 17.7 Å². The van der Waals surface area contributed by atoms with Gasteiger partial charge in [0.15, 0.2) is 0 Å². The van der Waals surface area contributed by atoms with Gasteiger partial charge in [-0.25, -0.2) is 13.3 Å². The molecule has 0 unspecified atom stereocenters. The Morgan fingerprint density at radius 1 is 1.18 bits per heavy atom. The van der Waals surface area contributed by atoms with Crippen molar-refractivity contribution >= 4 is 38.1 Å². The van der Waals surface area contributed by atoms with E-state index in [-0.39, 0.29) is 11.7 Å². The zero-order valence-corrected chi connectivity index (χ0v) is 20.9. The molecule has 3 aromatic rings. The lowest BCUT2D eigenvalue weighted by Gasteiger charge is -2.19. The lowest BCUT2D eigenvalue weighted by atomic mass is 10.2. The van der Waals surface area contributed by atoms with Gasteiger partial charge in [0.1, 0.15) is 51.2 Å². The molecule has 0 aliphatic rings. The number of aryl methyl sites for hydroxylation is 1. The van der Waals surface area contributed by atoms with Gasteiger partial charge in [-0.3, -0.25) is 0 Å². The van der Waals surface area contributed by atoms with E-state index in [1.54, 1.807) is 35.0 Å². The van der Waals surface area contributed by atoms with E-state index in [0.717, 1.165) is 15.6 Å². The smallest absolute Gasteiger partial charge is 0.353 e. The van der Waals surface area contributed by atoms with E-state index in [4.69, 9.17) is 26.3 Å². The second-order valence-electron chi connectivity index (χ2n) is 7.07. The highest BCUT2D eigenvalue weighted by Crippen LogP contribution is 2.35. The van der Waals surface area contributed by atoms with Crippen molar-refractivity contribution < 1.29 is 31.2 Å². The maximum atomic E-state index is 14.7. The Morgan fingerprint density at radius 3 is 2.53 bits per heavy atom. The molecule has 1 aromatic heterocycles. The van der Waals surface area contributed by atoms with Gasteiger partial charge < -0.3 is 9.47 Å². The molecule has 0 N–H and O–H groups in total. The molecule has 0 bridgehead atoms. The van der Waals surface area contributed by atoms with Crippen LogP contribution in [0.5, 0.6) is 11.5 Å². The van der Waals surface area contributed by atoms with Gasteiger partial charge in [-0.15, -0.1) is 4.31 Å². The number of sulfonamides is 1. The Kier molecular flexibility index (Phi) is 7.97. The molecule has 0 fully saturated rings. The Hall–Kier alpha value is -2.94. The molecule has 0 spiro atoms.